The van der Waals surface area contributed by atoms with E-state index in [4.69, 9.17) is 9.97 Å². The highest BCUT2D eigenvalue weighted by Gasteiger charge is 2.24. The van der Waals surface area contributed by atoms with E-state index < -0.39 is 0 Å². The standard InChI is InChI=1S/C38H42Br2N2S5/c1-3-5-7-9-11-13-15-25-17-19-27(43-25)33-34(28-20-18-26(44-28)16-14-12-10-8-6-4-2)42-36-35(41-33)37(29-21-23-31(39)45-29)47-38(36)30-22-24-32(40)46-30/h17-24H,3-16H2,1-2H3. The SMILES string of the molecule is CCCCCCCCc1ccc(-c2nc3c(-c4ccc(Br)s4)sc(-c4ccc(Br)s4)c3nc2-c2ccc(CCCCCCCC)s2)s1. The van der Waals surface area contributed by atoms with Crippen LogP contribution in [0.2, 0.25) is 0 Å². The first-order valence-electron chi connectivity index (χ1n) is 17.1. The van der Waals surface area contributed by atoms with Gasteiger partial charge in [0.1, 0.15) is 22.4 Å². The van der Waals surface area contributed by atoms with E-state index in [0.717, 1.165) is 42.8 Å². The second kappa shape index (κ2) is 17.6. The fraction of sp³-hybridized carbons (Fsp3) is 0.421. The van der Waals surface area contributed by atoms with Crippen LogP contribution in [0.3, 0.4) is 0 Å². The summed E-state index contributed by atoms with van der Waals surface area (Å²) in [7, 11) is 0. The van der Waals surface area contributed by atoms with Gasteiger partial charge in [-0.1, -0.05) is 78.1 Å². The van der Waals surface area contributed by atoms with E-state index in [0.29, 0.717) is 0 Å². The molecule has 0 aromatic carbocycles. The number of aryl methyl sites for hydroxylation is 2. The van der Waals surface area contributed by atoms with Crippen molar-refractivity contribution >= 4 is 99.6 Å². The van der Waals surface area contributed by atoms with E-state index >= 15 is 0 Å². The molecule has 0 saturated carbocycles. The van der Waals surface area contributed by atoms with Crippen molar-refractivity contribution in [1.29, 1.82) is 0 Å². The Morgan fingerprint density at radius 1 is 0.447 bits per heavy atom. The maximum atomic E-state index is 5.57. The largest absolute Gasteiger partial charge is 0.241 e. The first-order chi connectivity index (χ1) is 23.0. The molecular weight excluding hydrogens is 805 g/mol. The van der Waals surface area contributed by atoms with Crippen molar-refractivity contribution in [2.24, 2.45) is 0 Å². The number of hydrogen-bond donors (Lipinski definition) is 0. The smallest absolute Gasteiger partial charge is 0.110 e. The van der Waals surface area contributed by atoms with Crippen LogP contribution in [0.4, 0.5) is 0 Å². The fourth-order valence-electron chi connectivity index (χ4n) is 5.94. The first-order valence-corrected chi connectivity index (χ1v) is 22.7. The van der Waals surface area contributed by atoms with Gasteiger partial charge in [0.05, 0.1) is 27.1 Å². The molecule has 9 heteroatoms. The minimum atomic E-state index is 1.01. The average molecular weight is 847 g/mol. The monoisotopic (exact) mass is 844 g/mol. The summed E-state index contributed by atoms with van der Waals surface area (Å²) in [6, 6.07) is 18.0. The molecule has 6 aromatic rings. The molecular formula is C38H42Br2N2S5. The lowest BCUT2D eigenvalue weighted by molar-refractivity contribution is 0.609. The van der Waals surface area contributed by atoms with E-state index in [1.807, 2.05) is 34.0 Å². The van der Waals surface area contributed by atoms with Crippen LogP contribution < -0.4 is 0 Å². The molecule has 6 aromatic heterocycles. The maximum Gasteiger partial charge on any atom is 0.110 e. The maximum absolute atomic E-state index is 5.57. The summed E-state index contributed by atoms with van der Waals surface area (Å²) >= 11 is 16.6. The van der Waals surface area contributed by atoms with Crippen molar-refractivity contribution in [2.75, 3.05) is 0 Å². The zero-order valence-corrected chi connectivity index (χ0v) is 34.5. The van der Waals surface area contributed by atoms with Crippen molar-refractivity contribution < 1.29 is 0 Å². The van der Waals surface area contributed by atoms with Gasteiger partial charge in [0.25, 0.3) is 0 Å². The molecule has 0 amide bonds. The molecule has 0 unspecified atom stereocenters. The normalized spacial score (nSPS) is 11.7. The molecule has 2 nitrogen and oxygen atoms in total. The zero-order chi connectivity index (χ0) is 32.6. The first kappa shape index (κ1) is 35.6. The van der Waals surface area contributed by atoms with Crippen molar-refractivity contribution in [3.05, 3.63) is 65.9 Å². The lowest BCUT2D eigenvalue weighted by atomic mass is 10.1. The number of fused-ring (bicyclic) bond motifs is 1. The molecule has 0 aliphatic carbocycles. The van der Waals surface area contributed by atoms with Crippen LogP contribution in [0.25, 0.3) is 51.7 Å². The fourth-order valence-corrected chi connectivity index (χ4v) is 12.2. The Balaban J connectivity index is 1.38. The van der Waals surface area contributed by atoms with Gasteiger partial charge in [-0.05, 0) is 106 Å². The summed E-state index contributed by atoms with van der Waals surface area (Å²) < 4.78 is 2.27. The van der Waals surface area contributed by atoms with E-state index in [2.05, 4.69) is 94.2 Å². The molecule has 6 heterocycles. The van der Waals surface area contributed by atoms with Crippen molar-refractivity contribution in [2.45, 2.75) is 104 Å². The van der Waals surface area contributed by atoms with Gasteiger partial charge in [-0.3, -0.25) is 0 Å². The number of halogens is 2. The van der Waals surface area contributed by atoms with Gasteiger partial charge < -0.3 is 0 Å². The van der Waals surface area contributed by atoms with Gasteiger partial charge in [-0.2, -0.15) is 0 Å². The molecule has 6 rings (SSSR count). The molecule has 47 heavy (non-hydrogen) atoms. The van der Waals surface area contributed by atoms with Gasteiger partial charge in [-0.15, -0.1) is 56.7 Å². The Labute approximate surface area is 317 Å². The third-order valence-electron chi connectivity index (χ3n) is 8.47. The quantitative estimate of drug-likeness (QED) is 0.0806. The summed E-state index contributed by atoms with van der Waals surface area (Å²) in [5.74, 6) is 0. The third kappa shape index (κ3) is 9.13. The average Bonchev–Trinajstić information content (AvgIpc) is 3.91. The number of rotatable bonds is 18. The van der Waals surface area contributed by atoms with Gasteiger partial charge in [0.15, 0.2) is 0 Å². The molecule has 0 N–H and O–H groups in total. The van der Waals surface area contributed by atoms with Gasteiger partial charge in [0, 0.05) is 19.5 Å². The lowest BCUT2D eigenvalue weighted by Crippen LogP contribution is -1.92. The van der Waals surface area contributed by atoms with Crippen LogP contribution in [-0.4, -0.2) is 9.97 Å². The lowest BCUT2D eigenvalue weighted by Gasteiger charge is -2.07. The second-order valence-corrected chi connectivity index (χ2v) is 20.4. The Hall–Kier alpha value is -1.20. The Morgan fingerprint density at radius 3 is 1.26 bits per heavy atom. The minimum absolute atomic E-state index is 1.01. The number of nitrogens with zero attached hydrogens (tertiary/aromatic N) is 2. The van der Waals surface area contributed by atoms with E-state index in [1.165, 1.54) is 116 Å². The number of aromatic nitrogens is 2. The zero-order valence-electron chi connectivity index (χ0n) is 27.2. The number of unbranched alkanes of at least 4 members (excludes halogenated alkanes) is 10. The summed E-state index contributed by atoms with van der Waals surface area (Å²) in [5, 5.41) is 0. The molecule has 0 atom stereocenters. The number of hydrogen-bond acceptors (Lipinski definition) is 7. The van der Waals surface area contributed by atoms with Crippen molar-refractivity contribution in [1.82, 2.24) is 9.97 Å². The Morgan fingerprint density at radius 2 is 0.851 bits per heavy atom. The molecule has 0 aliphatic rings. The van der Waals surface area contributed by atoms with Crippen LogP contribution >= 0.6 is 88.5 Å². The van der Waals surface area contributed by atoms with E-state index in [-0.39, 0.29) is 0 Å². The Bertz CT molecular complexity index is 1740. The summed E-state index contributed by atoms with van der Waals surface area (Å²) in [4.78, 5) is 21.4. The predicted molar refractivity (Wildman–Crippen MR) is 220 cm³/mol. The predicted octanol–water partition coefficient (Wildman–Crippen LogP) is 15.9. The third-order valence-corrected chi connectivity index (χ3v) is 15.5. The number of thiophene rings is 5. The van der Waals surface area contributed by atoms with E-state index in [1.54, 1.807) is 22.7 Å². The Kier molecular flexibility index (Phi) is 13.4. The molecule has 0 saturated heterocycles. The van der Waals surface area contributed by atoms with Gasteiger partial charge in [-0.25, -0.2) is 9.97 Å². The summed E-state index contributed by atoms with van der Waals surface area (Å²) in [6.07, 6.45) is 18.2. The van der Waals surface area contributed by atoms with Crippen LogP contribution in [0, 0.1) is 0 Å². The van der Waals surface area contributed by atoms with Crippen molar-refractivity contribution in [3.63, 3.8) is 0 Å². The molecule has 0 fully saturated rings. The molecule has 0 bridgehead atoms. The highest BCUT2D eigenvalue weighted by molar-refractivity contribution is 9.11. The molecule has 0 aliphatic heterocycles. The van der Waals surface area contributed by atoms with Gasteiger partial charge in [0.2, 0.25) is 0 Å². The summed E-state index contributed by atoms with van der Waals surface area (Å²) in [6.45, 7) is 4.57. The minimum Gasteiger partial charge on any atom is -0.241 e. The molecule has 0 spiro atoms. The highest BCUT2D eigenvalue weighted by atomic mass is 79.9. The van der Waals surface area contributed by atoms with Crippen LogP contribution in [0.5, 0.6) is 0 Å². The summed E-state index contributed by atoms with van der Waals surface area (Å²) in [5.41, 5.74) is 4.08. The van der Waals surface area contributed by atoms with E-state index in [9.17, 15) is 0 Å². The molecule has 0 radical (unpaired) electrons. The van der Waals surface area contributed by atoms with Crippen LogP contribution in [0.15, 0.2) is 56.1 Å². The van der Waals surface area contributed by atoms with Crippen LogP contribution in [-0.2, 0) is 12.8 Å². The topological polar surface area (TPSA) is 25.8 Å². The van der Waals surface area contributed by atoms with Gasteiger partial charge >= 0.3 is 0 Å². The van der Waals surface area contributed by atoms with Crippen molar-refractivity contribution in [3.8, 4) is 40.7 Å². The highest BCUT2D eigenvalue weighted by Crippen LogP contribution is 2.49. The van der Waals surface area contributed by atoms with Crippen LogP contribution in [0.1, 0.15) is 101 Å². The second-order valence-electron chi connectivity index (χ2n) is 12.2. The molecule has 248 valence electrons.